The second kappa shape index (κ2) is 9.42. The molecule has 0 spiro atoms. The van der Waals surface area contributed by atoms with E-state index in [1.165, 1.54) is 0 Å². The lowest BCUT2D eigenvalue weighted by molar-refractivity contribution is -0.908. The summed E-state index contributed by atoms with van der Waals surface area (Å²) < 4.78 is 5.43. The molecule has 1 aromatic carbocycles. The minimum absolute atomic E-state index is 0.206. The topological polar surface area (TPSA) is 71.9 Å². The highest BCUT2D eigenvalue weighted by molar-refractivity contribution is 5.96. The number of carbonyl (C=O) groups excluding carboxylic acids is 2. The summed E-state index contributed by atoms with van der Waals surface area (Å²) in [6.07, 6.45) is 4.29. The van der Waals surface area contributed by atoms with Crippen LogP contribution < -0.4 is 20.3 Å². The Morgan fingerprint density at radius 2 is 1.88 bits per heavy atom. The zero-order valence-corrected chi connectivity index (χ0v) is 15.4. The minimum atomic E-state index is -0.377. The number of urea groups is 1. The van der Waals surface area contributed by atoms with Gasteiger partial charge in [0.2, 0.25) is 0 Å². The van der Waals surface area contributed by atoms with E-state index in [-0.39, 0.29) is 24.0 Å². The third kappa shape index (κ3) is 6.05. The number of nitrogens with one attached hydrogen (secondary N) is 3. The van der Waals surface area contributed by atoms with E-state index in [1.54, 1.807) is 0 Å². The van der Waals surface area contributed by atoms with Crippen LogP contribution in [0.4, 0.5) is 4.79 Å². The zero-order valence-electron chi connectivity index (χ0n) is 15.4. The molecule has 0 aliphatic heterocycles. The van der Waals surface area contributed by atoms with Gasteiger partial charge in [0, 0.05) is 11.6 Å². The quantitative estimate of drug-likeness (QED) is 0.695. The summed E-state index contributed by atoms with van der Waals surface area (Å²) in [6.45, 7) is 5.13. The summed E-state index contributed by atoms with van der Waals surface area (Å²) in [5, 5.41) is 5.35. The number of hydrogen-bond acceptors (Lipinski definition) is 3. The van der Waals surface area contributed by atoms with Crippen LogP contribution in [0.3, 0.4) is 0 Å². The Morgan fingerprint density at radius 1 is 1.24 bits per heavy atom. The van der Waals surface area contributed by atoms with Gasteiger partial charge in [0.25, 0.3) is 5.91 Å². The third-order valence-corrected chi connectivity index (χ3v) is 4.78. The molecule has 1 saturated carbocycles. The highest BCUT2D eigenvalue weighted by Gasteiger charge is 2.25. The molecule has 6 heteroatoms. The molecule has 2 rings (SSSR count). The molecule has 138 valence electrons. The summed E-state index contributed by atoms with van der Waals surface area (Å²) in [7, 11) is 1.95. The molecule has 3 N–H and O–H groups in total. The highest BCUT2D eigenvalue weighted by atomic mass is 16.5. The van der Waals surface area contributed by atoms with Crippen molar-refractivity contribution >= 4 is 11.9 Å². The Bertz CT molecular complexity index is 568. The van der Waals surface area contributed by atoms with Gasteiger partial charge in [0.05, 0.1) is 13.7 Å². The predicted molar refractivity (Wildman–Crippen MR) is 96.6 cm³/mol. The van der Waals surface area contributed by atoms with Gasteiger partial charge in [-0.3, -0.25) is 10.1 Å². The molecule has 1 unspecified atom stereocenters. The standard InChI is InChI=1S/C19H29N3O3/c1-4-25-17-11-9-15(10-12-17)13-22(3)14(2)18(23)21-19(24)20-16-7-5-6-8-16/h9-12,14,16H,4-8,13H2,1-3H3,(H2,20,21,23,24)/p+1/t14-/m1/s1. The number of amides is 3. The fourth-order valence-electron chi connectivity index (χ4n) is 3.08. The van der Waals surface area contributed by atoms with Crippen molar-refractivity contribution in [1.82, 2.24) is 10.6 Å². The molecule has 2 atom stereocenters. The Balaban J connectivity index is 1.80. The summed E-state index contributed by atoms with van der Waals surface area (Å²) in [6, 6.07) is 7.39. The van der Waals surface area contributed by atoms with E-state index >= 15 is 0 Å². The van der Waals surface area contributed by atoms with Crippen molar-refractivity contribution < 1.29 is 19.2 Å². The van der Waals surface area contributed by atoms with E-state index in [1.807, 2.05) is 45.2 Å². The average Bonchev–Trinajstić information content (AvgIpc) is 3.08. The van der Waals surface area contributed by atoms with Crippen molar-refractivity contribution in [3.05, 3.63) is 29.8 Å². The third-order valence-electron chi connectivity index (χ3n) is 4.78. The SMILES string of the molecule is CCOc1ccc(C[NH+](C)[C@H](C)C(=O)NC(=O)NC2CCCC2)cc1. The van der Waals surface area contributed by atoms with E-state index in [4.69, 9.17) is 4.74 Å². The lowest BCUT2D eigenvalue weighted by Gasteiger charge is -2.21. The molecular formula is C19H30N3O3+. The minimum Gasteiger partial charge on any atom is -0.494 e. The smallest absolute Gasteiger partial charge is 0.321 e. The number of likely N-dealkylation sites (N-methyl/N-ethyl adjacent to an activating group) is 1. The molecule has 0 aromatic heterocycles. The fraction of sp³-hybridized carbons (Fsp3) is 0.579. The van der Waals surface area contributed by atoms with Gasteiger partial charge < -0.3 is 15.0 Å². The maximum atomic E-state index is 12.3. The first-order chi connectivity index (χ1) is 12.0. The Hall–Kier alpha value is -2.08. The molecule has 25 heavy (non-hydrogen) atoms. The largest absolute Gasteiger partial charge is 0.494 e. The van der Waals surface area contributed by atoms with E-state index in [2.05, 4.69) is 10.6 Å². The predicted octanol–water partition coefficient (Wildman–Crippen LogP) is 1.26. The van der Waals surface area contributed by atoms with Gasteiger partial charge in [0.1, 0.15) is 12.3 Å². The molecule has 1 aliphatic carbocycles. The molecule has 1 aromatic rings. The first-order valence-electron chi connectivity index (χ1n) is 9.15. The normalized spacial score (nSPS) is 16.9. The summed E-state index contributed by atoms with van der Waals surface area (Å²) in [4.78, 5) is 25.2. The Labute approximate surface area is 149 Å². The first-order valence-corrected chi connectivity index (χ1v) is 9.15. The van der Waals surface area contributed by atoms with E-state index < -0.39 is 0 Å². The number of rotatable bonds is 7. The van der Waals surface area contributed by atoms with Crippen LogP contribution in [-0.4, -0.2) is 37.7 Å². The number of ether oxygens (including phenoxy) is 1. The van der Waals surface area contributed by atoms with Crippen molar-refractivity contribution in [2.24, 2.45) is 0 Å². The van der Waals surface area contributed by atoms with E-state index in [0.29, 0.717) is 13.2 Å². The maximum Gasteiger partial charge on any atom is 0.321 e. The van der Waals surface area contributed by atoms with Crippen LogP contribution in [-0.2, 0) is 11.3 Å². The van der Waals surface area contributed by atoms with Crippen molar-refractivity contribution in [2.75, 3.05) is 13.7 Å². The fourth-order valence-corrected chi connectivity index (χ4v) is 3.08. The first kappa shape index (κ1) is 19.2. The second-order valence-electron chi connectivity index (χ2n) is 6.77. The summed E-state index contributed by atoms with van der Waals surface area (Å²) in [5.74, 6) is 0.595. The monoisotopic (exact) mass is 348 g/mol. The Morgan fingerprint density at radius 3 is 2.48 bits per heavy atom. The van der Waals surface area contributed by atoms with Gasteiger partial charge in [-0.2, -0.15) is 0 Å². The van der Waals surface area contributed by atoms with Gasteiger partial charge in [-0.15, -0.1) is 0 Å². The molecule has 0 bridgehead atoms. The van der Waals surface area contributed by atoms with Crippen molar-refractivity contribution in [2.45, 2.75) is 58.2 Å². The van der Waals surface area contributed by atoms with Crippen LogP contribution in [0.15, 0.2) is 24.3 Å². The molecule has 1 aliphatic rings. The van der Waals surface area contributed by atoms with Crippen LogP contribution in [0.1, 0.15) is 45.1 Å². The van der Waals surface area contributed by atoms with Crippen LogP contribution in [0, 0.1) is 0 Å². The van der Waals surface area contributed by atoms with Crippen molar-refractivity contribution in [1.29, 1.82) is 0 Å². The number of carbonyl (C=O) groups is 2. The maximum absolute atomic E-state index is 12.3. The molecule has 0 radical (unpaired) electrons. The Kier molecular flexibility index (Phi) is 7.25. The molecule has 1 fully saturated rings. The average molecular weight is 348 g/mol. The number of benzene rings is 1. The number of quaternary nitrogens is 1. The van der Waals surface area contributed by atoms with E-state index in [9.17, 15) is 9.59 Å². The van der Waals surface area contributed by atoms with Gasteiger partial charge in [0.15, 0.2) is 6.04 Å². The molecule has 0 heterocycles. The van der Waals surface area contributed by atoms with Gasteiger partial charge in [-0.05, 0) is 51.0 Å². The molecule has 0 saturated heterocycles. The van der Waals surface area contributed by atoms with Gasteiger partial charge in [-0.1, -0.05) is 12.8 Å². The second-order valence-corrected chi connectivity index (χ2v) is 6.77. The molecule has 6 nitrogen and oxygen atoms in total. The van der Waals surface area contributed by atoms with Gasteiger partial charge in [-0.25, -0.2) is 4.79 Å². The number of hydrogen-bond donors (Lipinski definition) is 3. The highest BCUT2D eigenvalue weighted by Crippen LogP contribution is 2.17. The zero-order chi connectivity index (χ0) is 18.2. The molecular weight excluding hydrogens is 318 g/mol. The van der Waals surface area contributed by atoms with Crippen molar-refractivity contribution in [3.8, 4) is 5.75 Å². The van der Waals surface area contributed by atoms with Crippen LogP contribution in [0.5, 0.6) is 5.75 Å². The van der Waals surface area contributed by atoms with Crippen LogP contribution in [0.25, 0.3) is 0 Å². The van der Waals surface area contributed by atoms with Crippen molar-refractivity contribution in [3.63, 3.8) is 0 Å². The number of imide groups is 1. The molecule has 3 amide bonds. The van der Waals surface area contributed by atoms with Gasteiger partial charge >= 0.3 is 6.03 Å². The van der Waals surface area contributed by atoms with E-state index in [0.717, 1.165) is 41.9 Å². The van der Waals surface area contributed by atoms with Crippen LogP contribution >= 0.6 is 0 Å². The van der Waals surface area contributed by atoms with Crippen LogP contribution in [0.2, 0.25) is 0 Å². The summed E-state index contributed by atoms with van der Waals surface area (Å²) in [5.41, 5.74) is 1.12. The lowest BCUT2D eigenvalue weighted by Crippen LogP contribution is -3.12. The summed E-state index contributed by atoms with van der Waals surface area (Å²) >= 11 is 0. The lowest BCUT2D eigenvalue weighted by atomic mass is 10.2.